The summed E-state index contributed by atoms with van der Waals surface area (Å²) in [6.45, 7) is 0.243. The maximum atomic E-state index is 13.1. The van der Waals surface area contributed by atoms with Crippen LogP contribution in [0.1, 0.15) is 28.8 Å². The van der Waals surface area contributed by atoms with Gasteiger partial charge in [0.15, 0.2) is 0 Å². The van der Waals surface area contributed by atoms with Crippen LogP contribution in [0.3, 0.4) is 0 Å². The Morgan fingerprint density at radius 2 is 2.17 bits per heavy atom. The summed E-state index contributed by atoms with van der Waals surface area (Å²) in [5.41, 5.74) is 0.948. The van der Waals surface area contributed by atoms with Crippen molar-refractivity contribution in [2.45, 2.75) is 31.3 Å². The van der Waals surface area contributed by atoms with Crippen LogP contribution < -0.4 is 5.32 Å². The van der Waals surface area contributed by atoms with Gasteiger partial charge < -0.3 is 5.32 Å². The minimum atomic E-state index is -0.872. The van der Waals surface area contributed by atoms with Crippen molar-refractivity contribution in [2.24, 2.45) is 0 Å². The van der Waals surface area contributed by atoms with Gasteiger partial charge in [0, 0.05) is 15.5 Å². The molecule has 2 aliphatic rings. The lowest BCUT2D eigenvalue weighted by atomic mass is 9.80. The van der Waals surface area contributed by atoms with Gasteiger partial charge in [-0.1, -0.05) is 23.7 Å². The van der Waals surface area contributed by atoms with E-state index in [0.29, 0.717) is 11.4 Å². The molecule has 1 aromatic carbocycles. The maximum absolute atomic E-state index is 13.1. The van der Waals surface area contributed by atoms with Gasteiger partial charge in [-0.3, -0.25) is 9.69 Å². The van der Waals surface area contributed by atoms with Crippen molar-refractivity contribution in [3.05, 3.63) is 56.7 Å². The number of hydrogen-bond donors (Lipinski definition) is 1. The molecule has 118 valence electrons. The molecule has 3 amide bonds. The van der Waals surface area contributed by atoms with E-state index in [2.05, 4.69) is 5.32 Å². The van der Waals surface area contributed by atoms with Crippen molar-refractivity contribution in [3.8, 4) is 0 Å². The Bertz CT molecular complexity index is 803. The highest BCUT2D eigenvalue weighted by Crippen LogP contribution is 2.42. The van der Waals surface area contributed by atoms with Gasteiger partial charge in [0.25, 0.3) is 5.91 Å². The van der Waals surface area contributed by atoms with Crippen LogP contribution in [0.5, 0.6) is 0 Å². The van der Waals surface area contributed by atoms with Crippen LogP contribution in [0.25, 0.3) is 0 Å². The highest BCUT2D eigenvalue weighted by Gasteiger charge is 2.54. The lowest BCUT2D eigenvalue weighted by Gasteiger charge is -2.31. The van der Waals surface area contributed by atoms with Gasteiger partial charge in [-0.15, -0.1) is 11.3 Å². The van der Waals surface area contributed by atoms with Crippen molar-refractivity contribution in [1.29, 1.82) is 0 Å². The van der Waals surface area contributed by atoms with Gasteiger partial charge in [0.2, 0.25) is 0 Å². The van der Waals surface area contributed by atoms with Crippen molar-refractivity contribution >= 4 is 34.9 Å². The monoisotopic (exact) mass is 346 g/mol. The fourth-order valence-electron chi connectivity index (χ4n) is 3.50. The SMILES string of the molecule is O=C1NC2(CCCc3sccc32)C(=O)N1Cc1cccc(Cl)c1. The van der Waals surface area contributed by atoms with Crippen molar-refractivity contribution in [2.75, 3.05) is 0 Å². The number of nitrogens with zero attached hydrogens (tertiary/aromatic N) is 1. The lowest BCUT2D eigenvalue weighted by Crippen LogP contribution is -2.46. The van der Waals surface area contributed by atoms with Gasteiger partial charge in [0.1, 0.15) is 5.54 Å². The fraction of sp³-hybridized carbons (Fsp3) is 0.294. The Morgan fingerprint density at radius 1 is 1.30 bits per heavy atom. The minimum absolute atomic E-state index is 0.151. The maximum Gasteiger partial charge on any atom is 0.325 e. The van der Waals surface area contributed by atoms with E-state index < -0.39 is 5.54 Å². The first-order chi connectivity index (χ1) is 11.1. The summed E-state index contributed by atoms with van der Waals surface area (Å²) >= 11 is 7.65. The molecule has 1 aliphatic carbocycles. The van der Waals surface area contributed by atoms with Gasteiger partial charge in [-0.2, -0.15) is 0 Å². The lowest BCUT2D eigenvalue weighted by molar-refractivity contribution is -0.132. The minimum Gasteiger partial charge on any atom is -0.319 e. The van der Waals surface area contributed by atoms with Gasteiger partial charge in [-0.05, 0) is 48.4 Å². The summed E-state index contributed by atoms with van der Waals surface area (Å²) in [6, 6.07) is 8.90. The average molecular weight is 347 g/mol. The molecule has 2 heterocycles. The van der Waals surface area contributed by atoms with Crippen LogP contribution in [0, 0.1) is 0 Å². The number of amides is 3. The van der Waals surface area contributed by atoms with E-state index in [1.54, 1.807) is 23.5 Å². The summed E-state index contributed by atoms with van der Waals surface area (Å²) in [4.78, 5) is 28.0. The van der Waals surface area contributed by atoms with E-state index in [9.17, 15) is 9.59 Å². The van der Waals surface area contributed by atoms with E-state index in [4.69, 9.17) is 11.6 Å². The zero-order valence-corrected chi connectivity index (χ0v) is 13.9. The molecule has 1 N–H and O–H groups in total. The molecule has 1 atom stereocenters. The molecule has 1 saturated heterocycles. The molecule has 4 rings (SSSR count). The molecule has 23 heavy (non-hydrogen) atoms. The molecule has 0 bridgehead atoms. The smallest absolute Gasteiger partial charge is 0.319 e. The summed E-state index contributed by atoms with van der Waals surface area (Å²) in [5.74, 6) is -0.151. The number of nitrogens with one attached hydrogen (secondary N) is 1. The van der Waals surface area contributed by atoms with Crippen LogP contribution in [-0.4, -0.2) is 16.8 Å². The third-order valence-corrected chi connectivity index (χ3v) is 5.78. The van der Waals surface area contributed by atoms with E-state index in [1.165, 1.54) is 9.78 Å². The third kappa shape index (κ3) is 2.26. The summed E-state index contributed by atoms with van der Waals surface area (Å²) in [6.07, 6.45) is 2.55. The number of hydrogen-bond acceptors (Lipinski definition) is 3. The molecule has 1 unspecified atom stereocenters. The van der Waals surface area contributed by atoms with Crippen LogP contribution in [-0.2, 0) is 23.3 Å². The molecule has 1 fully saturated rings. The van der Waals surface area contributed by atoms with E-state index >= 15 is 0 Å². The first-order valence-corrected chi connectivity index (χ1v) is 8.81. The largest absolute Gasteiger partial charge is 0.325 e. The summed E-state index contributed by atoms with van der Waals surface area (Å²) < 4.78 is 0. The fourth-order valence-corrected chi connectivity index (χ4v) is 4.72. The second kappa shape index (κ2) is 5.35. The Hall–Kier alpha value is -1.85. The van der Waals surface area contributed by atoms with Crippen molar-refractivity contribution < 1.29 is 9.59 Å². The number of fused-ring (bicyclic) bond motifs is 2. The van der Waals surface area contributed by atoms with Crippen molar-refractivity contribution in [1.82, 2.24) is 10.2 Å². The van der Waals surface area contributed by atoms with E-state index in [1.807, 2.05) is 23.6 Å². The number of rotatable bonds is 2. The number of benzene rings is 1. The zero-order chi connectivity index (χ0) is 16.0. The zero-order valence-electron chi connectivity index (χ0n) is 12.3. The predicted octanol–water partition coefficient (Wildman–Crippen LogP) is 3.69. The molecule has 1 spiro atoms. The summed E-state index contributed by atoms with van der Waals surface area (Å²) in [5, 5.41) is 5.55. The predicted molar refractivity (Wildman–Crippen MR) is 89.5 cm³/mol. The van der Waals surface area contributed by atoms with Crippen LogP contribution >= 0.6 is 22.9 Å². The number of aryl methyl sites for hydroxylation is 1. The molecule has 1 aliphatic heterocycles. The Kier molecular flexibility index (Phi) is 3.43. The number of carbonyl (C=O) groups excluding carboxylic acids is 2. The van der Waals surface area contributed by atoms with Gasteiger partial charge >= 0.3 is 6.03 Å². The van der Waals surface area contributed by atoms with Gasteiger partial charge in [-0.25, -0.2) is 4.79 Å². The Labute approximate surface area is 143 Å². The number of urea groups is 1. The average Bonchev–Trinajstić information content (AvgIpc) is 3.09. The molecular formula is C17H15ClN2O2S. The summed E-state index contributed by atoms with van der Waals surface area (Å²) in [7, 11) is 0. The highest BCUT2D eigenvalue weighted by molar-refractivity contribution is 7.10. The quantitative estimate of drug-likeness (QED) is 0.843. The molecule has 4 nitrogen and oxygen atoms in total. The van der Waals surface area contributed by atoms with Crippen LogP contribution in [0.4, 0.5) is 4.79 Å². The molecule has 1 aromatic heterocycles. The molecule has 0 radical (unpaired) electrons. The molecule has 0 saturated carbocycles. The second-order valence-corrected chi connectivity index (χ2v) is 7.40. The molecule has 2 aromatic rings. The van der Waals surface area contributed by atoms with Crippen molar-refractivity contribution in [3.63, 3.8) is 0 Å². The third-order valence-electron chi connectivity index (χ3n) is 4.57. The Morgan fingerprint density at radius 3 is 3.00 bits per heavy atom. The van der Waals surface area contributed by atoms with Crippen LogP contribution in [0.15, 0.2) is 35.7 Å². The molecular weight excluding hydrogens is 332 g/mol. The normalized spacial score (nSPS) is 23.3. The molecule has 6 heteroatoms. The topological polar surface area (TPSA) is 49.4 Å². The number of imide groups is 1. The van der Waals surface area contributed by atoms with E-state index in [0.717, 1.165) is 24.0 Å². The first-order valence-electron chi connectivity index (χ1n) is 7.55. The standard InChI is InChI=1S/C17H15ClN2O2S/c18-12-4-1-3-11(9-12)10-20-15(21)17(19-16(20)22)7-2-5-14-13(17)6-8-23-14/h1,3-4,6,8-9H,2,5,7,10H2,(H,19,22). The number of halogens is 1. The number of carbonyl (C=O) groups is 2. The van der Waals surface area contributed by atoms with Crippen LogP contribution in [0.2, 0.25) is 5.02 Å². The second-order valence-electron chi connectivity index (χ2n) is 5.97. The Balaban J connectivity index is 1.68. The number of thiophene rings is 1. The highest BCUT2D eigenvalue weighted by atomic mass is 35.5. The van der Waals surface area contributed by atoms with Gasteiger partial charge in [0.05, 0.1) is 6.54 Å². The first kappa shape index (κ1) is 14.7. The van der Waals surface area contributed by atoms with E-state index in [-0.39, 0.29) is 18.5 Å².